The average Bonchev–Trinajstić information content (AvgIpc) is 2.67. The Morgan fingerprint density at radius 2 is 2.23 bits per heavy atom. The summed E-state index contributed by atoms with van der Waals surface area (Å²) >= 11 is 0. The van der Waals surface area contributed by atoms with E-state index in [9.17, 15) is 0 Å². The maximum Gasteiger partial charge on any atom is 0.418 e. The number of hydrogen-bond acceptors (Lipinski definition) is 6. The number of nitrogens with zero attached hydrogens (tertiary/aromatic N) is 3. The Kier molecular flexibility index (Phi) is 2.31. The molecule has 2 rings (SSSR count). The van der Waals surface area contributed by atoms with E-state index in [1.165, 1.54) is 7.11 Å². The van der Waals surface area contributed by atoms with Crippen LogP contribution in [0.4, 0.5) is 5.95 Å². The van der Waals surface area contributed by atoms with Crippen molar-refractivity contribution in [3.05, 3.63) is 0 Å². The second kappa shape index (κ2) is 3.61. The van der Waals surface area contributed by atoms with Crippen LogP contribution >= 0.6 is 0 Å². The van der Waals surface area contributed by atoms with Gasteiger partial charge in [-0.15, -0.1) is 4.98 Å². The second-order valence-corrected chi connectivity index (χ2v) is 2.80. The number of aromatic nitrogens is 2. The van der Waals surface area contributed by atoms with Gasteiger partial charge >= 0.3 is 6.08 Å². The zero-order valence-electron chi connectivity index (χ0n) is 7.49. The van der Waals surface area contributed by atoms with Crippen LogP contribution in [-0.4, -0.2) is 43.4 Å². The zero-order valence-corrected chi connectivity index (χ0v) is 7.49. The molecule has 0 radical (unpaired) electrons. The minimum Gasteiger partial charge on any atom is -0.452 e. The molecule has 6 heteroatoms. The first-order valence-corrected chi connectivity index (χ1v) is 4.23. The smallest absolute Gasteiger partial charge is 0.418 e. The van der Waals surface area contributed by atoms with Gasteiger partial charge in [-0.25, -0.2) is 0 Å². The monoisotopic (exact) mass is 184 g/mol. The Morgan fingerprint density at radius 3 is 2.85 bits per heavy atom. The molecule has 1 fully saturated rings. The molecule has 1 aromatic rings. The third kappa shape index (κ3) is 1.72. The van der Waals surface area contributed by atoms with Crippen LogP contribution in [0.1, 0.15) is 0 Å². The van der Waals surface area contributed by atoms with Crippen molar-refractivity contribution in [2.45, 2.75) is 0 Å². The highest BCUT2D eigenvalue weighted by atomic mass is 16.6. The van der Waals surface area contributed by atoms with Gasteiger partial charge < -0.3 is 15.0 Å². The van der Waals surface area contributed by atoms with Crippen LogP contribution in [0.5, 0.6) is 6.08 Å². The molecule has 0 amide bonds. The fourth-order valence-electron chi connectivity index (χ4n) is 1.28. The molecule has 1 saturated heterocycles. The van der Waals surface area contributed by atoms with E-state index < -0.39 is 0 Å². The molecule has 6 nitrogen and oxygen atoms in total. The molecule has 72 valence electrons. The lowest BCUT2D eigenvalue weighted by atomic mass is 10.4. The minimum atomic E-state index is 0.216. The molecule has 0 spiro atoms. The summed E-state index contributed by atoms with van der Waals surface area (Å²) in [5.41, 5.74) is 0. The van der Waals surface area contributed by atoms with Crippen molar-refractivity contribution in [1.29, 1.82) is 0 Å². The SMILES string of the molecule is COc1nc(N2CCNCC2)no1. The quantitative estimate of drug-likeness (QED) is 0.667. The van der Waals surface area contributed by atoms with Crippen LogP contribution in [0.25, 0.3) is 0 Å². The van der Waals surface area contributed by atoms with E-state index in [1.807, 2.05) is 0 Å². The highest BCUT2D eigenvalue weighted by molar-refractivity contribution is 5.29. The first kappa shape index (κ1) is 8.31. The minimum absolute atomic E-state index is 0.216. The number of hydrogen-bond donors (Lipinski definition) is 1. The fourth-order valence-corrected chi connectivity index (χ4v) is 1.28. The molecule has 13 heavy (non-hydrogen) atoms. The summed E-state index contributed by atoms with van der Waals surface area (Å²) < 4.78 is 9.62. The highest BCUT2D eigenvalue weighted by Crippen LogP contribution is 2.13. The molecule has 0 atom stereocenters. The van der Waals surface area contributed by atoms with Gasteiger partial charge in [0.25, 0.3) is 5.95 Å². The van der Waals surface area contributed by atoms with Crippen LogP contribution in [-0.2, 0) is 0 Å². The Morgan fingerprint density at radius 1 is 1.46 bits per heavy atom. The van der Waals surface area contributed by atoms with E-state index in [0.29, 0.717) is 5.95 Å². The molecule has 1 N–H and O–H groups in total. The second-order valence-electron chi connectivity index (χ2n) is 2.80. The summed E-state index contributed by atoms with van der Waals surface area (Å²) in [5.74, 6) is 0.610. The first-order valence-electron chi connectivity index (χ1n) is 4.23. The van der Waals surface area contributed by atoms with Crippen LogP contribution in [0.2, 0.25) is 0 Å². The summed E-state index contributed by atoms with van der Waals surface area (Å²) in [6.45, 7) is 3.72. The molecule has 1 aliphatic rings. The molecular weight excluding hydrogens is 172 g/mol. The molecule has 0 saturated carbocycles. The number of piperazine rings is 1. The molecule has 0 aliphatic carbocycles. The van der Waals surface area contributed by atoms with Crippen molar-refractivity contribution in [3.63, 3.8) is 0 Å². The summed E-state index contributed by atoms with van der Waals surface area (Å²) in [6.07, 6.45) is 0.216. The van der Waals surface area contributed by atoms with Gasteiger partial charge in [0.15, 0.2) is 0 Å². The van der Waals surface area contributed by atoms with Crippen molar-refractivity contribution < 1.29 is 9.26 Å². The van der Waals surface area contributed by atoms with Gasteiger partial charge in [-0.05, 0) is 5.16 Å². The topological polar surface area (TPSA) is 63.4 Å². The van der Waals surface area contributed by atoms with Gasteiger partial charge in [-0.1, -0.05) is 0 Å². The van der Waals surface area contributed by atoms with Gasteiger partial charge in [-0.2, -0.15) is 0 Å². The van der Waals surface area contributed by atoms with Crippen LogP contribution in [0.15, 0.2) is 4.52 Å². The van der Waals surface area contributed by atoms with Crippen LogP contribution < -0.4 is 15.0 Å². The maximum atomic E-state index is 4.82. The van der Waals surface area contributed by atoms with E-state index in [1.54, 1.807) is 0 Å². The van der Waals surface area contributed by atoms with E-state index in [2.05, 4.69) is 20.4 Å². The van der Waals surface area contributed by atoms with Crippen molar-refractivity contribution in [2.24, 2.45) is 0 Å². The normalized spacial score (nSPS) is 17.5. The molecule has 0 aromatic carbocycles. The van der Waals surface area contributed by atoms with Gasteiger partial charge in [0.05, 0.1) is 7.11 Å². The summed E-state index contributed by atoms with van der Waals surface area (Å²) in [7, 11) is 1.51. The van der Waals surface area contributed by atoms with Crippen molar-refractivity contribution in [2.75, 3.05) is 38.2 Å². The highest BCUT2D eigenvalue weighted by Gasteiger charge is 2.16. The van der Waals surface area contributed by atoms with Crippen molar-refractivity contribution in [1.82, 2.24) is 15.5 Å². The predicted molar refractivity (Wildman–Crippen MR) is 45.9 cm³/mol. The third-order valence-corrected chi connectivity index (χ3v) is 1.97. The van der Waals surface area contributed by atoms with Crippen LogP contribution in [0.3, 0.4) is 0 Å². The number of anilines is 1. The molecule has 1 aliphatic heterocycles. The van der Waals surface area contributed by atoms with Gasteiger partial charge in [0, 0.05) is 26.2 Å². The van der Waals surface area contributed by atoms with Gasteiger partial charge in [0.2, 0.25) is 0 Å². The predicted octanol–water partition coefficient (Wildman–Crippen LogP) is -0.512. The van der Waals surface area contributed by atoms with E-state index in [-0.39, 0.29) is 6.08 Å². The summed E-state index contributed by atoms with van der Waals surface area (Å²) in [4.78, 5) is 6.11. The molecular formula is C7H12N4O2. The van der Waals surface area contributed by atoms with Crippen molar-refractivity contribution in [3.8, 4) is 6.08 Å². The van der Waals surface area contributed by atoms with Gasteiger partial charge in [-0.3, -0.25) is 4.52 Å². The number of ether oxygens (including phenoxy) is 1. The fraction of sp³-hybridized carbons (Fsp3) is 0.714. The average molecular weight is 184 g/mol. The molecule has 0 unspecified atom stereocenters. The van der Waals surface area contributed by atoms with E-state index in [4.69, 9.17) is 9.26 Å². The maximum absolute atomic E-state index is 4.82. The standard InChI is InChI=1S/C7H12N4O2/c1-12-7-9-6(10-13-7)11-4-2-8-3-5-11/h8H,2-5H2,1H3. The van der Waals surface area contributed by atoms with Crippen LogP contribution in [0, 0.1) is 0 Å². The Bertz CT molecular complexity index is 269. The first-order chi connectivity index (χ1) is 6.40. The Hall–Kier alpha value is -1.30. The number of rotatable bonds is 2. The lowest BCUT2D eigenvalue weighted by Gasteiger charge is -2.25. The van der Waals surface area contributed by atoms with E-state index >= 15 is 0 Å². The lowest BCUT2D eigenvalue weighted by Crippen LogP contribution is -2.44. The molecule has 1 aromatic heterocycles. The third-order valence-electron chi connectivity index (χ3n) is 1.97. The van der Waals surface area contributed by atoms with Gasteiger partial charge in [0.1, 0.15) is 0 Å². The molecule has 0 bridgehead atoms. The number of nitrogens with one attached hydrogen (secondary N) is 1. The van der Waals surface area contributed by atoms with Crippen molar-refractivity contribution >= 4 is 5.95 Å². The largest absolute Gasteiger partial charge is 0.452 e. The van der Waals surface area contributed by atoms with E-state index in [0.717, 1.165) is 26.2 Å². The molecule has 2 heterocycles. The lowest BCUT2D eigenvalue weighted by molar-refractivity contribution is 0.250. The zero-order chi connectivity index (χ0) is 9.10. The Labute approximate surface area is 75.9 Å². The summed E-state index contributed by atoms with van der Waals surface area (Å²) in [5, 5.41) is 7.04. The number of methoxy groups -OCH3 is 1. The summed E-state index contributed by atoms with van der Waals surface area (Å²) in [6, 6.07) is 0. The Balaban J connectivity index is 2.05.